The third kappa shape index (κ3) is 4.32. The Morgan fingerprint density at radius 3 is 2.42 bits per heavy atom. The third-order valence-electron chi connectivity index (χ3n) is 3.75. The molecule has 1 aromatic heterocycles. The minimum absolute atomic E-state index is 0.293. The van der Waals surface area contributed by atoms with Gasteiger partial charge in [0.2, 0.25) is 0 Å². The average Bonchev–Trinajstić information content (AvgIpc) is 2.64. The van der Waals surface area contributed by atoms with E-state index in [0.29, 0.717) is 22.2 Å². The number of hydrogen-bond donors (Lipinski definition) is 2. The number of halogens is 1. The Hall–Kier alpha value is -3.05. The van der Waals surface area contributed by atoms with Crippen LogP contribution in [-0.4, -0.2) is 18.0 Å². The molecule has 0 spiro atoms. The number of amides is 1. The molecule has 6 heteroatoms. The van der Waals surface area contributed by atoms with Gasteiger partial charge in [-0.15, -0.1) is 0 Å². The van der Waals surface area contributed by atoms with E-state index in [4.69, 9.17) is 16.3 Å². The van der Waals surface area contributed by atoms with Gasteiger partial charge in [0.1, 0.15) is 11.4 Å². The molecule has 0 atom stereocenters. The van der Waals surface area contributed by atoms with Crippen LogP contribution in [0.1, 0.15) is 16.1 Å². The Kier molecular flexibility index (Phi) is 5.39. The van der Waals surface area contributed by atoms with Crippen molar-refractivity contribution in [1.29, 1.82) is 0 Å². The number of nitrogens with zero attached hydrogens (tertiary/aromatic N) is 1. The molecule has 0 aliphatic heterocycles. The molecule has 0 saturated heterocycles. The van der Waals surface area contributed by atoms with Crippen molar-refractivity contribution in [2.24, 2.45) is 0 Å². The summed E-state index contributed by atoms with van der Waals surface area (Å²) in [5.41, 5.74) is 3.73. The lowest BCUT2D eigenvalue weighted by Gasteiger charge is -2.11. The number of aromatic nitrogens is 1. The lowest BCUT2D eigenvalue weighted by atomic mass is 10.2. The van der Waals surface area contributed by atoms with Gasteiger partial charge in [0.25, 0.3) is 5.91 Å². The zero-order valence-corrected chi connectivity index (χ0v) is 15.2. The van der Waals surface area contributed by atoms with Gasteiger partial charge in [-0.1, -0.05) is 29.3 Å². The largest absolute Gasteiger partial charge is 0.495 e. The van der Waals surface area contributed by atoms with Crippen molar-refractivity contribution in [3.8, 4) is 5.75 Å². The number of ether oxygens (including phenoxy) is 1. The SMILES string of the molecule is COc1ccc(Cl)cc1NC(=O)c1ccc(Nc2ccc(C)cc2)cn1. The van der Waals surface area contributed by atoms with Crippen LogP contribution in [0.15, 0.2) is 60.8 Å². The van der Waals surface area contributed by atoms with Crippen LogP contribution in [0.5, 0.6) is 5.75 Å². The standard InChI is InChI=1S/C20H18ClN3O2/c1-13-3-6-15(7-4-13)23-16-8-9-17(22-12-16)20(25)24-18-11-14(21)5-10-19(18)26-2/h3-12,23H,1-2H3,(H,24,25). The fourth-order valence-corrected chi connectivity index (χ4v) is 2.54. The minimum Gasteiger partial charge on any atom is -0.495 e. The van der Waals surface area contributed by atoms with E-state index in [0.717, 1.165) is 11.4 Å². The molecule has 1 heterocycles. The number of benzene rings is 2. The van der Waals surface area contributed by atoms with Gasteiger partial charge in [0.15, 0.2) is 0 Å². The van der Waals surface area contributed by atoms with Crippen molar-refractivity contribution in [2.75, 3.05) is 17.7 Å². The van der Waals surface area contributed by atoms with Crippen LogP contribution in [-0.2, 0) is 0 Å². The molecule has 2 N–H and O–H groups in total. The summed E-state index contributed by atoms with van der Waals surface area (Å²) in [4.78, 5) is 16.6. The molecule has 2 aromatic carbocycles. The second kappa shape index (κ2) is 7.89. The van der Waals surface area contributed by atoms with Crippen molar-refractivity contribution in [2.45, 2.75) is 6.92 Å². The molecule has 3 aromatic rings. The smallest absolute Gasteiger partial charge is 0.274 e. The van der Waals surface area contributed by atoms with E-state index < -0.39 is 0 Å². The Balaban J connectivity index is 1.71. The van der Waals surface area contributed by atoms with Gasteiger partial charge in [-0.2, -0.15) is 0 Å². The summed E-state index contributed by atoms with van der Waals surface area (Å²) in [6, 6.07) is 16.5. The van der Waals surface area contributed by atoms with E-state index in [9.17, 15) is 4.79 Å². The molecule has 0 aliphatic carbocycles. The molecule has 5 nitrogen and oxygen atoms in total. The molecule has 26 heavy (non-hydrogen) atoms. The van der Waals surface area contributed by atoms with Crippen LogP contribution in [0.2, 0.25) is 5.02 Å². The number of pyridine rings is 1. The molecular weight excluding hydrogens is 350 g/mol. The molecule has 0 radical (unpaired) electrons. The predicted molar refractivity (Wildman–Crippen MR) is 105 cm³/mol. The molecule has 132 valence electrons. The Bertz CT molecular complexity index is 909. The minimum atomic E-state index is -0.340. The van der Waals surface area contributed by atoms with E-state index in [1.807, 2.05) is 31.2 Å². The fraction of sp³-hybridized carbons (Fsp3) is 0.100. The molecule has 0 aliphatic rings. The maximum Gasteiger partial charge on any atom is 0.274 e. The Morgan fingerprint density at radius 1 is 1.04 bits per heavy atom. The van der Waals surface area contributed by atoms with Crippen LogP contribution >= 0.6 is 11.6 Å². The lowest BCUT2D eigenvalue weighted by molar-refractivity contribution is 0.102. The first kappa shape index (κ1) is 17.8. The summed E-state index contributed by atoms with van der Waals surface area (Å²) >= 11 is 5.98. The maximum absolute atomic E-state index is 12.4. The molecule has 3 rings (SSSR count). The van der Waals surface area contributed by atoms with E-state index >= 15 is 0 Å². The summed E-state index contributed by atoms with van der Waals surface area (Å²) in [5.74, 6) is 0.188. The van der Waals surface area contributed by atoms with Crippen LogP contribution < -0.4 is 15.4 Å². The van der Waals surface area contributed by atoms with Gasteiger partial charge >= 0.3 is 0 Å². The monoisotopic (exact) mass is 367 g/mol. The van der Waals surface area contributed by atoms with Crippen molar-refractivity contribution < 1.29 is 9.53 Å². The number of nitrogens with one attached hydrogen (secondary N) is 2. The van der Waals surface area contributed by atoms with Crippen LogP contribution in [0, 0.1) is 6.92 Å². The number of rotatable bonds is 5. The highest BCUT2D eigenvalue weighted by Gasteiger charge is 2.11. The summed E-state index contributed by atoms with van der Waals surface area (Å²) < 4.78 is 5.23. The average molecular weight is 368 g/mol. The Labute approximate surface area is 157 Å². The number of methoxy groups -OCH3 is 1. The van der Waals surface area contributed by atoms with Gasteiger partial charge in [-0.3, -0.25) is 4.79 Å². The quantitative estimate of drug-likeness (QED) is 0.662. The molecule has 0 saturated carbocycles. The van der Waals surface area contributed by atoms with Crippen LogP contribution in [0.3, 0.4) is 0 Å². The summed E-state index contributed by atoms with van der Waals surface area (Å²) in [7, 11) is 1.53. The molecular formula is C20H18ClN3O2. The molecule has 0 bridgehead atoms. The van der Waals surface area contributed by atoms with Gasteiger partial charge in [0.05, 0.1) is 24.7 Å². The second-order valence-electron chi connectivity index (χ2n) is 5.72. The van der Waals surface area contributed by atoms with Gasteiger partial charge in [-0.05, 0) is 49.4 Å². The first-order valence-corrected chi connectivity index (χ1v) is 8.37. The number of aryl methyl sites for hydroxylation is 1. The topological polar surface area (TPSA) is 63.2 Å². The van der Waals surface area contributed by atoms with Gasteiger partial charge in [-0.25, -0.2) is 4.98 Å². The van der Waals surface area contributed by atoms with E-state index in [1.165, 1.54) is 12.7 Å². The Morgan fingerprint density at radius 2 is 1.77 bits per heavy atom. The van der Waals surface area contributed by atoms with Crippen LogP contribution in [0.4, 0.5) is 17.1 Å². The van der Waals surface area contributed by atoms with E-state index in [2.05, 4.69) is 15.6 Å². The van der Waals surface area contributed by atoms with Crippen molar-refractivity contribution in [1.82, 2.24) is 4.98 Å². The fourth-order valence-electron chi connectivity index (χ4n) is 2.37. The highest BCUT2D eigenvalue weighted by atomic mass is 35.5. The molecule has 0 fully saturated rings. The van der Waals surface area contributed by atoms with Gasteiger partial charge < -0.3 is 15.4 Å². The number of anilines is 3. The van der Waals surface area contributed by atoms with E-state index in [-0.39, 0.29) is 5.91 Å². The second-order valence-corrected chi connectivity index (χ2v) is 6.16. The zero-order chi connectivity index (χ0) is 18.5. The van der Waals surface area contributed by atoms with Crippen molar-refractivity contribution >= 4 is 34.6 Å². The van der Waals surface area contributed by atoms with Gasteiger partial charge in [0, 0.05) is 10.7 Å². The lowest BCUT2D eigenvalue weighted by Crippen LogP contribution is -2.14. The number of carbonyl (C=O) groups is 1. The first-order valence-electron chi connectivity index (χ1n) is 8.00. The summed E-state index contributed by atoms with van der Waals surface area (Å²) in [6.07, 6.45) is 1.62. The predicted octanol–water partition coefficient (Wildman–Crippen LogP) is 5.05. The van der Waals surface area contributed by atoms with E-state index in [1.54, 1.807) is 36.5 Å². The zero-order valence-electron chi connectivity index (χ0n) is 14.4. The summed E-state index contributed by atoms with van der Waals surface area (Å²) in [5, 5.41) is 6.51. The normalized spacial score (nSPS) is 10.3. The highest BCUT2D eigenvalue weighted by molar-refractivity contribution is 6.31. The van der Waals surface area contributed by atoms with Crippen molar-refractivity contribution in [3.05, 3.63) is 77.1 Å². The van der Waals surface area contributed by atoms with Crippen molar-refractivity contribution in [3.63, 3.8) is 0 Å². The first-order chi connectivity index (χ1) is 12.5. The molecule has 0 unspecified atom stereocenters. The number of hydrogen-bond acceptors (Lipinski definition) is 4. The summed E-state index contributed by atoms with van der Waals surface area (Å²) in [6.45, 7) is 2.04. The third-order valence-corrected chi connectivity index (χ3v) is 3.98. The van der Waals surface area contributed by atoms with Crippen LogP contribution in [0.25, 0.3) is 0 Å². The number of carbonyl (C=O) groups excluding carboxylic acids is 1. The highest BCUT2D eigenvalue weighted by Crippen LogP contribution is 2.28. The maximum atomic E-state index is 12.4. The molecule has 1 amide bonds.